The number of ether oxygens (including phenoxy) is 1. The Morgan fingerprint density at radius 2 is 1.85 bits per heavy atom. The normalized spacial score (nSPS) is 15.5. The lowest BCUT2D eigenvalue weighted by molar-refractivity contribution is -0.156. The van der Waals surface area contributed by atoms with Gasteiger partial charge in [0.15, 0.2) is 5.60 Å². The molecule has 0 fully saturated rings. The van der Waals surface area contributed by atoms with Crippen molar-refractivity contribution in [2.45, 2.75) is 39.1 Å². The topological polar surface area (TPSA) is 46.5 Å². The molecule has 0 spiro atoms. The fourth-order valence-electron chi connectivity index (χ4n) is 1.34. The Hall–Kier alpha value is -1.57. The Kier molecular flexibility index (Phi) is 5.15. The van der Waals surface area contributed by atoms with Crippen LogP contribution in [0.25, 0.3) is 0 Å². The average Bonchev–Trinajstić information content (AvgIpc) is 2.36. The van der Waals surface area contributed by atoms with Crippen LogP contribution in [0.5, 0.6) is 5.75 Å². The molecule has 3 nitrogen and oxygen atoms in total. The largest absolute Gasteiger partial charge is 0.424 e. The van der Waals surface area contributed by atoms with Gasteiger partial charge in [-0.3, -0.25) is 0 Å². The second kappa shape index (κ2) is 6.25. The summed E-state index contributed by atoms with van der Waals surface area (Å²) in [4.78, 5) is 12.1. The molecule has 0 aliphatic rings. The third-order valence-corrected chi connectivity index (χ3v) is 3.77. The number of carbonyl (C=O) groups excluding carboxylic acids is 1. The van der Waals surface area contributed by atoms with E-state index in [1.807, 2.05) is 6.07 Å². The molecule has 0 aliphatic carbocycles. The molecule has 1 aromatic rings. The molecule has 1 rings (SSSR count). The van der Waals surface area contributed by atoms with Crippen LogP contribution in [0.4, 0.5) is 0 Å². The van der Waals surface area contributed by atoms with E-state index < -0.39 is 25.6 Å². The van der Waals surface area contributed by atoms with Crippen LogP contribution in [-0.2, 0) is 4.79 Å². The van der Waals surface area contributed by atoms with Crippen molar-refractivity contribution in [1.82, 2.24) is 0 Å². The fraction of sp³-hybridized carbons (Fsp3) is 0.438. The maximum Gasteiger partial charge on any atom is 0.344 e. The lowest BCUT2D eigenvalue weighted by atomic mass is 9.92. The van der Waals surface area contributed by atoms with E-state index in [0.29, 0.717) is 5.75 Å². The summed E-state index contributed by atoms with van der Waals surface area (Å²) in [6.45, 7) is 9.53. The number of hydrogen-bond acceptors (Lipinski definition) is 3. The van der Waals surface area contributed by atoms with Crippen LogP contribution < -0.4 is 4.74 Å². The molecule has 0 aliphatic heterocycles. The van der Waals surface area contributed by atoms with E-state index in [1.165, 1.54) is 6.92 Å². The molecule has 0 aromatic heterocycles. The Labute approximate surface area is 122 Å². The summed E-state index contributed by atoms with van der Waals surface area (Å²) < 4.78 is 5.19. The third-order valence-electron chi connectivity index (χ3n) is 2.87. The van der Waals surface area contributed by atoms with E-state index >= 15 is 0 Å². The SMILES string of the molecule is CC(C#C[Si](C)(C)C)C(C)(O)C(=O)Oc1ccccc1. The van der Waals surface area contributed by atoms with Gasteiger partial charge in [0.1, 0.15) is 13.8 Å². The zero-order valence-corrected chi connectivity index (χ0v) is 13.7. The van der Waals surface area contributed by atoms with Gasteiger partial charge in [0.2, 0.25) is 0 Å². The molecule has 1 aromatic carbocycles. The van der Waals surface area contributed by atoms with Gasteiger partial charge >= 0.3 is 5.97 Å². The highest BCUT2D eigenvalue weighted by atomic mass is 28.3. The highest BCUT2D eigenvalue weighted by molar-refractivity contribution is 6.83. The minimum absolute atomic E-state index is 0.420. The molecular formula is C16H22O3Si. The first-order chi connectivity index (χ1) is 9.13. The molecule has 2 atom stereocenters. The molecule has 0 amide bonds. The summed E-state index contributed by atoms with van der Waals surface area (Å²) in [5, 5.41) is 10.3. The summed E-state index contributed by atoms with van der Waals surface area (Å²) in [5.41, 5.74) is 1.55. The van der Waals surface area contributed by atoms with Gasteiger partial charge in [0.05, 0.1) is 5.92 Å². The predicted octanol–water partition coefficient (Wildman–Crippen LogP) is 2.86. The zero-order valence-electron chi connectivity index (χ0n) is 12.7. The van der Waals surface area contributed by atoms with Crippen LogP contribution in [0.3, 0.4) is 0 Å². The Bertz CT molecular complexity index is 518. The number of aliphatic hydroxyl groups is 1. The van der Waals surface area contributed by atoms with E-state index in [0.717, 1.165) is 0 Å². The van der Waals surface area contributed by atoms with Crippen LogP contribution in [0.1, 0.15) is 13.8 Å². The number of para-hydroxylation sites is 1. The summed E-state index contributed by atoms with van der Waals surface area (Å²) in [7, 11) is -1.53. The van der Waals surface area contributed by atoms with Gasteiger partial charge in [0, 0.05) is 0 Å². The maximum atomic E-state index is 12.1. The lowest BCUT2D eigenvalue weighted by Crippen LogP contribution is -2.44. The smallest absolute Gasteiger partial charge is 0.344 e. The van der Waals surface area contributed by atoms with E-state index in [2.05, 4.69) is 31.1 Å². The molecule has 108 valence electrons. The lowest BCUT2D eigenvalue weighted by Gasteiger charge is -2.24. The van der Waals surface area contributed by atoms with Crippen molar-refractivity contribution in [3.05, 3.63) is 30.3 Å². The molecule has 0 heterocycles. The molecule has 2 unspecified atom stereocenters. The number of esters is 1. The average molecular weight is 290 g/mol. The Morgan fingerprint density at radius 3 is 2.35 bits per heavy atom. The minimum atomic E-state index is -1.62. The van der Waals surface area contributed by atoms with Crippen LogP contribution in [0, 0.1) is 17.4 Å². The van der Waals surface area contributed by atoms with Gasteiger partial charge in [-0.15, -0.1) is 11.5 Å². The molecule has 20 heavy (non-hydrogen) atoms. The van der Waals surface area contributed by atoms with Crippen molar-refractivity contribution in [2.24, 2.45) is 5.92 Å². The number of rotatable bonds is 3. The van der Waals surface area contributed by atoms with Crippen LogP contribution in [0.2, 0.25) is 19.6 Å². The Balaban J connectivity index is 2.81. The van der Waals surface area contributed by atoms with Crippen molar-refractivity contribution in [2.75, 3.05) is 0 Å². The quantitative estimate of drug-likeness (QED) is 0.403. The van der Waals surface area contributed by atoms with Crippen molar-refractivity contribution in [3.63, 3.8) is 0 Å². The summed E-state index contributed by atoms with van der Waals surface area (Å²) in [6.07, 6.45) is 0. The van der Waals surface area contributed by atoms with Crippen molar-refractivity contribution in [1.29, 1.82) is 0 Å². The fourth-order valence-corrected chi connectivity index (χ4v) is 1.99. The second-order valence-electron chi connectivity index (χ2n) is 6.09. The van der Waals surface area contributed by atoms with Crippen molar-refractivity contribution in [3.8, 4) is 17.2 Å². The predicted molar refractivity (Wildman–Crippen MR) is 83.0 cm³/mol. The van der Waals surface area contributed by atoms with E-state index in [4.69, 9.17) is 4.74 Å². The monoisotopic (exact) mass is 290 g/mol. The summed E-state index contributed by atoms with van der Waals surface area (Å²) >= 11 is 0. The standard InChI is InChI=1S/C16H22O3Si/c1-13(11-12-20(3,4)5)16(2,18)15(17)19-14-9-7-6-8-10-14/h6-10,13,18H,1-5H3. The molecule has 1 N–H and O–H groups in total. The first-order valence-corrected chi connectivity index (χ1v) is 10.2. The molecule has 0 saturated carbocycles. The number of carbonyl (C=O) groups is 1. The van der Waals surface area contributed by atoms with Gasteiger partial charge in [-0.05, 0) is 26.0 Å². The second-order valence-corrected chi connectivity index (χ2v) is 10.8. The van der Waals surface area contributed by atoms with Crippen molar-refractivity contribution < 1.29 is 14.6 Å². The van der Waals surface area contributed by atoms with Crippen LogP contribution in [-0.4, -0.2) is 24.8 Å². The Morgan fingerprint density at radius 1 is 1.30 bits per heavy atom. The van der Waals surface area contributed by atoms with Gasteiger partial charge in [-0.25, -0.2) is 4.79 Å². The minimum Gasteiger partial charge on any atom is -0.424 e. The highest BCUT2D eigenvalue weighted by Gasteiger charge is 2.38. The summed E-state index contributed by atoms with van der Waals surface area (Å²) in [6, 6.07) is 8.72. The van der Waals surface area contributed by atoms with Gasteiger partial charge in [0.25, 0.3) is 0 Å². The zero-order chi connectivity index (χ0) is 15.4. The van der Waals surface area contributed by atoms with E-state index in [9.17, 15) is 9.90 Å². The molecule has 0 radical (unpaired) electrons. The molecule has 4 heteroatoms. The van der Waals surface area contributed by atoms with Gasteiger partial charge in [-0.1, -0.05) is 37.8 Å². The number of benzene rings is 1. The summed E-state index contributed by atoms with van der Waals surface area (Å²) in [5.74, 6) is 2.25. The third kappa shape index (κ3) is 4.84. The highest BCUT2D eigenvalue weighted by Crippen LogP contribution is 2.20. The van der Waals surface area contributed by atoms with Gasteiger partial charge in [-0.2, -0.15) is 0 Å². The van der Waals surface area contributed by atoms with Crippen LogP contribution in [0.15, 0.2) is 30.3 Å². The van der Waals surface area contributed by atoms with E-state index in [-0.39, 0.29) is 0 Å². The first kappa shape index (κ1) is 16.5. The number of hydrogen-bond donors (Lipinski definition) is 1. The molecule has 0 saturated heterocycles. The molecule has 0 bridgehead atoms. The molecular weight excluding hydrogens is 268 g/mol. The van der Waals surface area contributed by atoms with Crippen molar-refractivity contribution >= 4 is 14.0 Å². The first-order valence-electron chi connectivity index (χ1n) is 6.65. The van der Waals surface area contributed by atoms with E-state index in [1.54, 1.807) is 31.2 Å². The maximum absolute atomic E-state index is 12.1. The van der Waals surface area contributed by atoms with Crippen LogP contribution >= 0.6 is 0 Å². The van der Waals surface area contributed by atoms with Gasteiger partial charge < -0.3 is 9.84 Å².